The minimum Gasteiger partial charge on any atom is -0.481 e. The summed E-state index contributed by atoms with van der Waals surface area (Å²) in [6, 6.07) is 9.07. The summed E-state index contributed by atoms with van der Waals surface area (Å²) in [4.78, 5) is 23.1. The van der Waals surface area contributed by atoms with Crippen molar-refractivity contribution < 1.29 is 27.8 Å². The second-order valence-corrected chi connectivity index (χ2v) is 5.01. The van der Waals surface area contributed by atoms with E-state index in [1.54, 1.807) is 24.3 Å². The molecular weight excluding hydrogens is 334 g/mol. The van der Waals surface area contributed by atoms with Crippen LogP contribution in [0, 0.1) is 11.6 Å². The summed E-state index contributed by atoms with van der Waals surface area (Å²) in [5, 5.41) is 4.79. The SMILES string of the molecule is COC(=O)Nc1ccc(OC(C)C(=O)Nc2ccc(F)cc2F)cc1. The van der Waals surface area contributed by atoms with Crippen LogP contribution in [0.15, 0.2) is 42.5 Å². The van der Waals surface area contributed by atoms with Crippen molar-refractivity contribution in [2.75, 3.05) is 17.7 Å². The van der Waals surface area contributed by atoms with Crippen molar-refractivity contribution >= 4 is 23.4 Å². The molecule has 0 aliphatic rings. The average molecular weight is 350 g/mol. The highest BCUT2D eigenvalue weighted by Crippen LogP contribution is 2.19. The Morgan fingerprint density at radius 1 is 1.04 bits per heavy atom. The van der Waals surface area contributed by atoms with Crippen molar-refractivity contribution in [3.05, 3.63) is 54.1 Å². The second-order valence-electron chi connectivity index (χ2n) is 5.01. The van der Waals surface area contributed by atoms with Gasteiger partial charge in [0.1, 0.15) is 17.4 Å². The molecular formula is C17H16F2N2O4. The maximum absolute atomic E-state index is 13.5. The van der Waals surface area contributed by atoms with Crippen LogP contribution in [-0.2, 0) is 9.53 Å². The van der Waals surface area contributed by atoms with Gasteiger partial charge in [-0.1, -0.05) is 0 Å². The van der Waals surface area contributed by atoms with Gasteiger partial charge in [-0.05, 0) is 43.3 Å². The van der Waals surface area contributed by atoms with E-state index in [-0.39, 0.29) is 5.69 Å². The Kier molecular flexibility index (Phi) is 5.89. The molecule has 2 aromatic carbocycles. The molecule has 0 aromatic heterocycles. The summed E-state index contributed by atoms with van der Waals surface area (Å²) in [6.45, 7) is 1.48. The molecule has 2 rings (SSSR count). The molecule has 1 atom stereocenters. The maximum Gasteiger partial charge on any atom is 0.411 e. The predicted molar refractivity (Wildman–Crippen MR) is 87.5 cm³/mol. The van der Waals surface area contributed by atoms with Crippen molar-refractivity contribution in [3.8, 4) is 5.75 Å². The smallest absolute Gasteiger partial charge is 0.411 e. The van der Waals surface area contributed by atoms with Gasteiger partial charge in [-0.25, -0.2) is 13.6 Å². The van der Waals surface area contributed by atoms with E-state index in [2.05, 4.69) is 15.4 Å². The van der Waals surface area contributed by atoms with Gasteiger partial charge in [-0.2, -0.15) is 0 Å². The van der Waals surface area contributed by atoms with Gasteiger partial charge in [0.15, 0.2) is 6.10 Å². The van der Waals surface area contributed by atoms with Crippen LogP contribution >= 0.6 is 0 Å². The lowest BCUT2D eigenvalue weighted by atomic mass is 10.2. The third kappa shape index (κ3) is 5.17. The Labute approximate surface area is 142 Å². The third-order valence-corrected chi connectivity index (χ3v) is 3.16. The molecule has 0 spiro atoms. The summed E-state index contributed by atoms with van der Waals surface area (Å²) in [6.07, 6.45) is -1.54. The zero-order chi connectivity index (χ0) is 18.4. The van der Waals surface area contributed by atoms with E-state index in [4.69, 9.17) is 4.74 Å². The van der Waals surface area contributed by atoms with E-state index in [1.807, 2.05) is 0 Å². The van der Waals surface area contributed by atoms with E-state index in [0.717, 1.165) is 12.1 Å². The summed E-state index contributed by atoms with van der Waals surface area (Å²) in [5.74, 6) is -1.83. The molecule has 0 radical (unpaired) electrons. The molecule has 0 heterocycles. The molecule has 0 aliphatic heterocycles. The topological polar surface area (TPSA) is 76.7 Å². The van der Waals surface area contributed by atoms with Crippen LogP contribution in [0.3, 0.4) is 0 Å². The van der Waals surface area contributed by atoms with Crippen LogP contribution in [0.25, 0.3) is 0 Å². The van der Waals surface area contributed by atoms with Gasteiger partial charge in [0.25, 0.3) is 5.91 Å². The average Bonchev–Trinajstić information content (AvgIpc) is 2.58. The Bertz CT molecular complexity index is 766. The monoisotopic (exact) mass is 350 g/mol. The predicted octanol–water partition coefficient (Wildman–Crippen LogP) is 3.55. The van der Waals surface area contributed by atoms with Crippen LogP contribution < -0.4 is 15.4 Å². The Hall–Kier alpha value is -3.16. The molecule has 0 fully saturated rings. The highest BCUT2D eigenvalue weighted by atomic mass is 19.1. The number of amides is 2. The van der Waals surface area contributed by atoms with Gasteiger partial charge in [-0.15, -0.1) is 0 Å². The number of nitrogens with one attached hydrogen (secondary N) is 2. The Morgan fingerprint density at radius 3 is 2.32 bits per heavy atom. The van der Waals surface area contributed by atoms with E-state index >= 15 is 0 Å². The lowest BCUT2D eigenvalue weighted by molar-refractivity contribution is -0.122. The van der Waals surface area contributed by atoms with Crippen molar-refractivity contribution in [2.24, 2.45) is 0 Å². The van der Waals surface area contributed by atoms with Gasteiger partial charge in [-0.3, -0.25) is 10.1 Å². The lowest BCUT2D eigenvalue weighted by Gasteiger charge is -2.15. The normalized spacial score (nSPS) is 11.4. The van der Waals surface area contributed by atoms with E-state index in [0.29, 0.717) is 17.5 Å². The van der Waals surface area contributed by atoms with Crippen LogP contribution in [0.4, 0.5) is 25.0 Å². The number of carbonyl (C=O) groups excluding carboxylic acids is 2. The molecule has 2 amide bonds. The molecule has 0 bridgehead atoms. The first-order chi connectivity index (χ1) is 11.9. The molecule has 132 valence electrons. The molecule has 2 N–H and O–H groups in total. The summed E-state index contributed by atoms with van der Waals surface area (Å²) < 4.78 is 36.3. The van der Waals surface area contributed by atoms with Crippen molar-refractivity contribution in [3.63, 3.8) is 0 Å². The fourth-order valence-corrected chi connectivity index (χ4v) is 1.87. The Balaban J connectivity index is 1.95. The summed E-state index contributed by atoms with van der Waals surface area (Å²) >= 11 is 0. The zero-order valence-corrected chi connectivity index (χ0v) is 13.5. The summed E-state index contributed by atoms with van der Waals surface area (Å²) in [5.41, 5.74) is 0.351. The van der Waals surface area contributed by atoms with E-state index < -0.39 is 29.7 Å². The van der Waals surface area contributed by atoms with E-state index in [9.17, 15) is 18.4 Å². The highest BCUT2D eigenvalue weighted by molar-refractivity contribution is 5.94. The first-order valence-corrected chi connectivity index (χ1v) is 7.26. The van der Waals surface area contributed by atoms with Gasteiger partial charge in [0.2, 0.25) is 0 Å². The van der Waals surface area contributed by atoms with Crippen LogP contribution in [0.1, 0.15) is 6.92 Å². The molecule has 1 unspecified atom stereocenters. The maximum atomic E-state index is 13.5. The Morgan fingerprint density at radius 2 is 1.72 bits per heavy atom. The van der Waals surface area contributed by atoms with Gasteiger partial charge < -0.3 is 14.8 Å². The molecule has 0 saturated heterocycles. The first-order valence-electron chi connectivity index (χ1n) is 7.26. The van der Waals surface area contributed by atoms with Crippen molar-refractivity contribution in [1.29, 1.82) is 0 Å². The van der Waals surface area contributed by atoms with Crippen LogP contribution in [0.5, 0.6) is 5.75 Å². The number of carbonyl (C=O) groups is 2. The third-order valence-electron chi connectivity index (χ3n) is 3.16. The number of benzene rings is 2. The number of anilines is 2. The number of hydrogen-bond acceptors (Lipinski definition) is 4. The van der Waals surface area contributed by atoms with Crippen LogP contribution in [0.2, 0.25) is 0 Å². The quantitative estimate of drug-likeness (QED) is 0.865. The first kappa shape index (κ1) is 18.2. The number of ether oxygens (including phenoxy) is 2. The van der Waals surface area contributed by atoms with Gasteiger partial charge >= 0.3 is 6.09 Å². The molecule has 8 heteroatoms. The minimum absolute atomic E-state index is 0.139. The number of halogens is 2. The molecule has 0 aliphatic carbocycles. The number of hydrogen-bond donors (Lipinski definition) is 2. The largest absolute Gasteiger partial charge is 0.481 e. The van der Waals surface area contributed by atoms with Crippen molar-refractivity contribution in [2.45, 2.75) is 13.0 Å². The van der Waals surface area contributed by atoms with Crippen LogP contribution in [-0.4, -0.2) is 25.2 Å². The van der Waals surface area contributed by atoms with Crippen molar-refractivity contribution in [1.82, 2.24) is 0 Å². The number of rotatable bonds is 5. The second kappa shape index (κ2) is 8.09. The fraction of sp³-hybridized carbons (Fsp3) is 0.176. The standard InChI is InChI=1S/C17H16F2N2O4/c1-10(16(22)21-15-8-3-11(18)9-14(15)19)25-13-6-4-12(5-7-13)20-17(23)24-2/h3-10H,1-2H3,(H,20,23)(H,21,22). The minimum atomic E-state index is -0.927. The molecule has 0 saturated carbocycles. The molecule has 2 aromatic rings. The molecule has 6 nitrogen and oxygen atoms in total. The highest BCUT2D eigenvalue weighted by Gasteiger charge is 2.17. The fourth-order valence-electron chi connectivity index (χ4n) is 1.87. The molecule has 25 heavy (non-hydrogen) atoms. The number of methoxy groups -OCH3 is 1. The van der Waals surface area contributed by atoms with E-state index in [1.165, 1.54) is 14.0 Å². The summed E-state index contributed by atoms with van der Waals surface area (Å²) in [7, 11) is 1.25. The van der Waals surface area contributed by atoms with Gasteiger partial charge in [0.05, 0.1) is 12.8 Å². The zero-order valence-electron chi connectivity index (χ0n) is 13.5. The van der Waals surface area contributed by atoms with Gasteiger partial charge in [0, 0.05) is 11.8 Å². The lowest BCUT2D eigenvalue weighted by Crippen LogP contribution is -2.30.